The second kappa shape index (κ2) is 10.1. The number of amides is 1. The highest BCUT2D eigenvalue weighted by Crippen LogP contribution is 2.26. The molecule has 28 heavy (non-hydrogen) atoms. The Labute approximate surface area is 166 Å². The van der Waals surface area contributed by atoms with E-state index in [9.17, 15) is 14.4 Å². The average Bonchev–Trinajstić information content (AvgIpc) is 2.61. The van der Waals surface area contributed by atoms with Gasteiger partial charge in [-0.15, -0.1) is 5.06 Å². The number of esters is 1. The van der Waals surface area contributed by atoms with Crippen LogP contribution in [0, 0.1) is 5.92 Å². The van der Waals surface area contributed by atoms with Gasteiger partial charge in [-0.1, -0.05) is 0 Å². The Kier molecular flexibility index (Phi) is 8.06. The molecule has 1 amide bonds. The Hall–Kier alpha value is -1.87. The van der Waals surface area contributed by atoms with E-state index in [0.717, 1.165) is 25.9 Å². The molecule has 1 N–H and O–H groups in total. The monoisotopic (exact) mass is 399 g/mol. The summed E-state index contributed by atoms with van der Waals surface area (Å²) >= 11 is 0. The molecule has 0 saturated carbocycles. The molecule has 1 atom stereocenters. The largest absolute Gasteiger partial charge is 0.466 e. The van der Waals surface area contributed by atoms with Crippen LogP contribution in [-0.2, 0) is 23.9 Å². The van der Waals surface area contributed by atoms with Crippen LogP contribution in [0.25, 0.3) is 0 Å². The minimum atomic E-state index is -0.636. The van der Waals surface area contributed by atoms with Gasteiger partial charge in [0, 0.05) is 13.1 Å². The van der Waals surface area contributed by atoms with Gasteiger partial charge < -0.3 is 24.5 Å². The van der Waals surface area contributed by atoms with Crippen LogP contribution in [-0.4, -0.2) is 79.0 Å². The van der Waals surface area contributed by atoms with Gasteiger partial charge in [-0.3, -0.25) is 4.79 Å². The molecule has 0 bridgehead atoms. The zero-order chi connectivity index (χ0) is 20.7. The van der Waals surface area contributed by atoms with Gasteiger partial charge in [-0.05, 0) is 59.5 Å². The minimum absolute atomic E-state index is 0.130. The van der Waals surface area contributed by atoms with Crippen LogP contribution in [0.15, 0.2) is 0 Å². The molecule has 9 heteroatoms. The molecule has 2 rings (SSSR count). The lowest BCUT2D eigenvalue weighted by Gasteiger charge is -2.44. The summed E-state index contributed by atoms with van der Waals surface area (Å²) in [5.41, 5.74) is -0.565. The average molecular weight is 399 g/mol. The first kappa shape index (κ1) is 22.4. The van der Waals surface area contributed by atoms with Gasteiger partial charge in [0.15, 0.2) is 0 Å². The standard InChI is InChI=1S/C19H33N3O6/c1-5-26-16(23)12-17(24)28-22-11-10-21(18(25)27-19(2,3)4)13-15(22)14-6-8-20-9-7-14/h14-15,20H,5-13H2,1-4H3. The SMILES string of the molecule is CCOC(=O)CC(=O)ON1CCN(C(=O)OC(C)(C)C)CC1C1CCNCC1. The molecular formula is C19H33N3O6. The molecule has 0 aliphatic carbocycles. The zero-order valence-corrected chi connectivity index (χ0v) is 17.4. The predicted molar refractivity (Wildman–Crippen MR) is 101 cm³/mol. The van der Waals surface area contributed by atoms with E-state index in [1.165, 1.54) is 0 Å². The molecule has 2 saturated heterocycles. The van der Waals surface area contributed by atoms with Gasteiger partial charge in [0.05, 0.1) is 19.2 Å². The van der Waals surface area contributed by atoms with E-state index in [-0.39, 0.29) is 24.7 Å². The van der Waals surface area contributed by atoms with Crippen molar-refractivity contribution < 1.29 is 28.7 Å². The maximum atomic E-state index is 12.5. The van der Waals surface area contributed by atoms with Crippen molar-refractivity contribution in [1.29, 1.82) is 0 Å². The summed E-state index contributed by atoms with van der Waals surface area (Å²) in [6, 6.07) is -0.130. The molecule has 9 nitrogen and oxygen atoms in total. The molecule has 2 heterocycles. The van der Waals surface area contributed by atoms with Crippen molar-refractivity contribution in [3.8, 4) is 0 Å². The molecule has 0 aromatic carbocycles. The Bertz CT molecular complexity index is 556. The Morgan fingerprint density at radius 3 is 2.36 bits per heavy atom. The van der Waals surface area contributed by atoms with Gasteiger partial charge in [0.2, 0.25) is 0 Å². The fraction of sp³-hybridized carbons (Fsp3) is 0.842. The minimum Gasteiger partial charge on any atom is -0.466 e. The van der Waals surface area contributed by atoms with E-state index in [1.54, 1.807) is 16.9 Å². The number of nitrogens with zero attached hydrogens (tertiary/aromatic N) is 2. The normalized spacial score (nSPS) is 21.9. The number of ether oxygens (including phenoxy) is 2. The lowest BCUT2D eigenvalue weighted by molar-refractivity contribution is -0.219. The summed E-state index contributed by atoms with van der Waals surface area (Å²) < 4.78 is 10.3. The van der Waals surface area contributed by atoms with Crippen LogP contribution in [0.5, 0.6) is 0 Å². The lowest BCUT2D eigenvalue weighted by Crippen LogP contribution is -2.59. The van der Waals surface area contributed by atoms with Crippen molar-refractivity contribution in [3.05, 3.63) is 0 Å². The third kappa shape index (κ3) is 6.94. The molecule has 0 spiro atoms. The lowest BCUT2D eigenvalue weighted by atomic mass is 9.88. The van der Waals surface area contributed by atoms with Crippen molar-refractivity contribution >= 4 is 18.0 Å². The third-order valence-corrected chi connectivity index (χ3v) is 4.76. The molecule has 1 unspecified atom stereocenters. The first-order valence-corrected chi connectivity index (χ1v) is 10.0. The number of nitrogens with one attached hydrogen (secondary N) is 1. The summed E-state index contributed by atoms with van der Waals surface area (Å²) in [6.07, 6.45) is 1.08. The van der Waals surface area contributed by atoms with Crippen LogP contribution in [0.2, 0.25) is 0 Å². The molecule has 2 fully saturated rings. The molecule has 2 aliphatic rings. The second-order valence-electron chi connectivity index (χ2n) is 8.17. The Morgan fingerprint density at radius 1 is 1.07 bits per heavy atom. The fourth-order valence-corrected chi connectivity index (χ4v) is 3.51. The highest BCUT2D eigenvalue weighted by molar-refractivity contribution is 5.91. The molecular weight excluding hydrogens is 366 g/mol. The number of hydrogen-bond donors (Lipinski definition) is 1. The summed E-state index contributed by atoms with van der Waals surface area (Å²) in [7, 11) is 0. The van der Waals surface area contributed by atoms with Crippen LogP contribution < -0.4 is 5.32 Å². The van der Waals surface area contributed by atoms with Crippen molar-refractivity contribution in [2.45, 2.75) is 58.6 Å². The van der Waals surface area contributed by atoms with E-state index in [1.807, 2.05) is 20.8 Å². The van der Waals surface area contributed by atoms with Gasteiger partial charge in [-0.2, -0.15) is 0 Å². The zero-order valence-electron chi connectivity index (χ0n) is 17.4. The highest BCUT2D eigenvalue weighted by atomic mass is 16.7. The third-order valence-electron chi connectivity index (χ3n) is 4.76. The topological polar surface area (TPSA) is 97.4 Å². The number of rotatable bonds is 5. The van der Waals surface area contributed by atoms with Crippen LogP contribution >= 0.6 is 0 Å². The van der Waals surface area contributed by atoms with Gasteiger partial charge in [0.25, 0.3) is 0 Å². The number of hydrogen-bond acceptors (Lipinski definition) is 8. The van der Waals surface area contributed by atoms with E-state index in [2.05, 4.69) is 5.32 Å². The Morgan fingerprint density at radius 2 is 1.75 bits per heavy atom. The first-order valence-electron chi connectivity index (χ1n) is 10.0. The van der Waals surface area contributed by atoms with Crippen LogP contribution in [0.3, 0.4) is 0 Å². The quantitative estimate of drug-likeness (QED) is 0.546. The number of carbonyl (C=O) groups excluding carboxylic acids is 3. The van der Waals surface area contributed by atoms with Crippen molar-refractivity contribution in [2.24, 2.45) is 5.92 Å². The summed E-state index contributed by atoms with van der Waals surface area (Å²) in [4.78, 5) is 43.3. The van der Waals surface area contributed by atoms with Crippen LogP contribution in [0.4, 0.5) is 4.79 Å². The van der Waals surface area contributed by atoms with E-state index < -0.39 is 24.0 Å². The van der Waals surface area contributed by atoms with E-state index >= 15 is 0 Å². The molecule has 0 aromatic rings. The van der Waals surface area contributed by atoms with Crippen molar-refractivity contribution in [3.63, 3.8) is 0 Å². The fourth-order valence-electron chi connectivity index (χ4n) is 3.51. The first-order chi connectivity index (χ1) is 13.2. The van der Waals surface area contributed by atoms with Crippen molar-refractivity contribution in [2.75, 3.05) is 39.3 Å². The molecule has 160 valence electrons. The summed E-state index contributed by atoms with van der Waals surface area (Å²) in [6.45, 7) is 10.4. The molecule has 0 radical (unpaired) electrons. The molecule has 2 aliphatic heterocycles. The maximum Gasteiger partial charge on any atom is 0.410 e. The summed E-state index contributed by atoms with van der Waals surface area (Å²) in [5.74, 6) is -0.955. The number of piperazine rings is 1. The smallest absolute Gasteiger partial charge is 0.410 e. The maximum absolute atomic E-state index is 12.5. The molecule has 0 aromatic heterocycles. The number of piperidine rings is 1. The van der Waals surface area contributed by atoms with Gasteiger partial charge >= 0.3 is 18.0 Å². The second-order valence-corrected chi connectivity index (χ2v) is 8.17. The number of carbonyl (C=O) groups is 3. The Balaban J connectivity index is 2.02. The van der Waals surface area contributed by atoms with Gasteiger partial charge in [-0.25, -0.2) is 9.59 Å². The van der Waals surface area contributed by atoms with Crippen molar-refractivity contribution in [1.82, 2.24) is 15.3 Å². The van der Waals surface area contributed by atoms with E-state index in [0.29, 0.717) is 19.6 Å². The summed E-state index contributed by atoms with van der Waals surface area (Å²) in [5, 5.41) is 4.96. The predicted octanol–water partition coefficient (Wildman–Crippen LogP) is 1.32. The highest BCUT2D eigenvalue weighted by Gasteiger charge is 2.39. The van der Waals surface area contributed by atoms with Crippen LogP contribution in [0.1, 0.15) is 47.0 Å². The van der Waals surface area contributed by atoms with E-state index in [4.69, 9.17) is 14.3 Å². The number of hydroxylamine groups is 2. The van der Waals surface area contributed by atoms with Gasteiger partial charge in [0.1, 0.15) is 12.0 Å².